The molecular formula is C25H38O3S. The Morgan fingerprint density at radius 2 is 2.07 bits per heavy atom. The minimum absolute atomic E-state index is 0.192. The molecule has 0 aromatic rings. The van der Waals surface area contributed by atoms with Crippen LogP contribution in [0.5, 0.6) is 0 Å². The Balaban J connectivity index is 1.76. The van der Waals surface area contributed by atoms with Gasteiger partial charge in [-0.3, -0.25) is 0 Å². The van der Waals surface area contributed by atoms with E-state index in [4.69, 9.17) is 0 Å². The second-order valence-corrected chi connectivity index (χ2v) is 11.4. The highest BCUT2D eigenvalue weighted by Crippen LogP contribution is 2.56. The molecule has 0 heterocycles. The van der Waals surface area contributed by atoms with Crippen LogP contribution in [-0.2, 0) is 0 Å². The Morgan fingerprint density at radius 3 is 2.76 bits per heavy atom. The van der Waals surface area contributed by atoms with E-state index in [2.05, 4.69) is 38.7 Å². The van der Waals surface area contributed by atoms with E-state index in [1.165, 1.54) is 18.4 Å². The fraction of sp³-hybridized carbons (Fsp3) is 0.680. The first-order valence-corrected chi connectivity index (χ1v) is 12.1. The van der Waals surface area contributed by atoms with Gasteiger partial charge in [0.25, 0.3) is 0 Å². The zero-order valence-corrected chi connectivity index (χ0v) is 19.3. The summed E-state index contributed by atoms with van der Waals surface area (Å²) in [5.41, 5.74) is 4.32. The molecule has 0 aliphatic heterocycles. The maximum atomic E-state index is 10.1. The number of aliphatic hydroxyl groups is 3. The quantitative estimate of drug-likeness (QED) is 0.554. The van der Waals surface area contributed by atoms with Crippen molar-refractivity contribution in [2.75, 3.05) is 5.75 Å². The fourth-order valence-electron chi connectivity index (χ4n) is 5.37. The maximum Gasteiger partial charge on any atom is 0.0811 e. The van der Waals surface area contributed by atoms with Gasteiger partial charge in [0.2, 0.25) is 0 Å². The van der Waals surface area contributed by atoms with Gasteiger partial charge in [0.15, 0.2) is 0 Å². The van der Waals surface area contributed by atoms with Crippen LogP contribution in [0.2, 0.25) is 0 Å². The lowest BCUT2D eigenvalue weighted by Gasteiger charge is -2.42. The van der Waals surface area contributed by atoms with E-state index in [0.717, 1.165) is 29.7 Å². The molecule has 0 aromatic heterocycles. The first-order chi connectivity index (χ1) is 13.5. The minimum atomic E-state index is -0.639. The molecule has 5 atom stereocenters. The predicted octanol–water partition coefficient (Wildman–Crippen LogP) is 4.94. The molecule has 0 aromatic carbocycles. The van der Waals surface area contributed by atoms with E-state index in [1.54, 1.807) is 5.57 Å². The van der Waals surface area contributed by atoms with Gasteiger partial charge in [-0.25, -0.2) is 0 Å². The van der Waals surface area contributed by atoms with Crippen molar-refractivity contribution >= 4 is 11.8 Å². The van der Waals surface area contributed by atoms with Crippen molar-refractivity contribution in [1.82, 2.24) is 0 Å². The lowest BCUT2D eigenvalue weighted by atomic mass is 9.64. The molecule has 2 fully saturated rings. The normalized spacial score (nSPS) is 37.0. The number of fused-ring (bicyclic) bond motifs is 1. The van der Waals surface area contributed by atoms with Crippen molar-refractivity contribution in [2.24, 2.45) is 11.3 Å². The first-order valence-electron chi connectivity index (χ1n) is 11.0. The van der Waals surface area contributed by atoms with Crippen molar-refractivity contribution in [1.29, 1.82) is 0 Å². The fourth-order valence-corrected chi connectivity index (χ4v) is 6.57. The van der Waals surface area contributed by atoms with Crippen LogP contribution in [-0.4, -0.2) is 44.1 Å². The van der Waals surface area contributed by atoms with Crippen LogP contribution in [0.15, 0.2) is 47.1 Å². The molecular weight excluding hydrogens is 380 g/mol. The van der Waals surface area contributed by atoms with Gasteiger partial charge in [0.1, 0.15) is 0 Å². The van der Waals surface area contributed by atoms with Crippen LogP contribution in [0.3, 0.4) is 0 Å². The average molecular weight is 419 g/mol. The van der Waals surface area contributed by atoms with Gasteiger partial charge in [-0.15, -0.1) is 0 Å². The first kappa shape index (κ1) is 22.9. The van der Waals surface area contributed by atoms with Gasteiger partial charge in [-0.05, 0) is 75.4 Å². The topological polar surface area (TPSA) is 60.7 Å². The summed E-state index contributed by atoms with van der Waals surface area (Å²) in [5, 5.41) is 30.6. The third-order valence-corrected chi connectivity index (χ3v) is 8.63. The number of thioether (sulfide) groups is 1. The molecule has 4 heteroatoms. The van der Waals surface area contributed by atoms with Gasteiger partial charge in [0.05, 0.1) is 17.8 Å². The van der Waals surface area contributed by atoms with Gasteiger partial charge >= 0.3 is 0 Å². The summed E-state index contributed by atoms with van der Waals surface area (Å²) in [4.78, 5) is 0. The van der Waals surface area contributed by atoms with Gasteiger partial charge in [0, 0.05) is 17.4 Å². The molecule has 2 saturated carbocycles. The van der Waals surface area contributed by atoms with Gasteiger partial charge in [-0.1, -0.05) is 42.9 Å². The highest BCUT2D eigenvalue weighted by atomic mass is 32.2. The third kappa shape index (κ3) is 5.10. The molecule has 0 radical (unpaired) electrons. The van der Waals surface area contributed by atoms with E-state index in [9.17, 15) is 15.3 Å². The zero-order valence-electron chi connectivity index (χ0n) is 18.4. The minimum Gasteiger partial charge on any atom is -0.393 e. The molecule has 3 aliphatic carbocycles. The van der Waals surface area contributed by atoms with Crippen molar-refractivity contribution in [3.05, 3.63) is 47.1 Å². The Bertz CT molecular complexity index is 727. The third-order valence-electron chi connectivity index (χ3n) is 7.00. The Labute approximate surface area is 180 Å². The summed E-state index contributed by atoms with van der Waals surface area (Å²) in [7, 11) is 0. The lowest BCUT2D eigenvalue weighted by molar-refractivity contribution is 0.0862. The largest absolute Gasteiger partial charge is 0.393 e. The second kappa shape index (κ2) is 8.74. The summed E-state index contributed by atoms with van der Waals surface area (Å²) in [5.74, 6) is 1.27. The van der Waals surface area contributed by atoms with Crippen molar-refractivity contribution < 1.29 is 15.3 Å². The number of allylic oxidation sites excluding steroid dienone is 4. The SMILES string of the molecule is C=C1/C(=C\C=C2/CCC[C@]3(C)C(C(C)SCC(C)(C)O)=CC[C@@H]23)C[C@@H](O)C[C@@H]1O. The molecule has 29 heavy (non-hydrogen) atoms. The molecule has 3 aliphatic rings. The Kier molecular flexibility index (Phi) is 6.89. The number of hydrogen-bond donors (Lipinski definition) is 3. The number of hydrogen-bond acceptors (Lipinski definition) is 4. The van der Waals surface area contributed by atoms with E-state index < -0.39 is 17.8 Å². The molecule has 1 unspecified atom stereocenters. The van der Waals surface area contributed by atoms with Crippen molar-refractivity contribution in [3.8, 4) is 0 Å². The van der Waals surface area contributed by atoms with Crippen LogP contribution >= 0.6 is 11.8 Å². The molecule has 3 nitrogen and oxygen atoms in total. The molecule has 0 amide bonds. The number of aliphatic hydroxyl groups excluding tert-OH is 2. The van der Waals surface area contributed by atoms with E-state index in [0.29, 0.717) is 24.0 Å². The highest BCUT2D eigenvalue weighted by Gasteiger charge is 2.46. The zero-order chi connectivity index (χ0) is 21.4. The number of rotatable bonds is 5. The summed E-state index contributed by atoms with van der Waals surface area (Å²) < 4.78 is 0. The Hall–Kier alpha value is -0.810. The molecule has 0 spiro atoms. The van der Waals surface area contributed by atoms with E-state index >= 15 is 0 Å². The Morgan fingerprint density at radius 1 is 1.34 bits per heavy atom. The van der Waals surface area contributed by atoms with Crippen LogP contribution < -0.4 is 0 Å². The standard InChI is InChI=1S/C25H38O3S/c1-16-19(13-20(26)14-23(16)27)9-8-18-7-6-12-25(5)21(10-11-22(18)25)17(2)29-15-24(3,4)28/h8-10,17,20,22-23,26-28H,1,6-7,11-15H2,2-5H3/b18-8+,19-9-/t17?,20-,22+,23+,25-/m1/s1. The molecule has 0 saturated heterocycles. The van der Waals surface area contributed by atoms with Crippen LogP contribution in [0.25, 0.3) is 0 Å². The van der Waals surface area contributed by atoms with Crippen LogP contribution in [0, 0.1) is 11.3 Å². The maximum absolute atomic E-state index is 10.1. The smallest absolute Gasteiger partial charge is 0.0811 e. The lowest BCUT2D eigenvalue weighted by Crippen LogP contribution is -2.34. The van der Waals surface area contributed by atoms with E-state index in [1.807, 2.05) is 25.6 Å². The summed E-state index contributed by atoms with van der Waals surface area (Å²) in [6.45, 7) is 12.5. The monoisotopic (exact) mass is 418 g/mol. The molecule has 3 rings (SSSR count). The predicted molar refractivity (Wildman–Crippen MR) is 123 cm³/mol. The van der Waals surface area contributed by atoms with Crippen molar-refractivity contribution in [3.63, 3.8) is 0 Å². The highest BCUT2D eigenvalue weighted by molar-refractivity contribution is 8.00. The molecule has 3 N–H and O–H groups in total. The molecule has 162 valence electrons. The van der Waals surface area contributed by atoms with Gasteiger partial charge in [-0.2, -0.15) is 11.8 Å². The molecule has 0 bridgehead atoms. The average Bonchev–Trinajstić information content (AvgIpc) is 2.98. The van der Waals surface area contributed by atoms with Crippen LogP contribution in [0.4, 0.5) is 0 Å². The summed E-state index contributed by atoms with van der Waals surface area (Å²) in [6, 6.07) is 0. The van der Waals surface area contributed by atoms with Gasteiger partial charge < -0.3 is 15.3 Å². The summed E-state index contributed by atoms with van der Waals surface area (Å²) >= 11 is 1.86. The summed E-state index contributed by atoms with van der Waals surface area (Å²) in [6.07, 6.45) is 11.3. The van der Waals surface area contributed by atoms with Crippen molar-refractivity contribution in [2.45, 2.75) is 89.3 Å². The van der Waals surface area contributed by atoms with Crippen LogP contribution in [0.1, 0.15) is 66.2 Å². The second-order valence-electron chi connectivity index (χ2n) is 10.1. The van der Waals surface area contributed by atoms with E-state index in [-0.39, 0.29) is 5.41 Å².